The zero-order chi connectivity index (χ0) is 22.0. The Hall–Kier alpha value is -2.46. The number of nitrogens with one attached hydrogen (secondary N) is 2. The van der Waals surface area contributed by atoms with Crippen molar-refractivity contribution in [1.29, 1.82) is 0 Å². The number of nitrogens with zero attached hydrogens (tertiary/aromatic N) is 3. The maximum atomic E-state index is 12.2. The minimum absolute atomic E-state index is 0.0616. The van der Waals surface area contributed by atoms with E-state index in [0.717, 1.165) is 29.3 Å². The van der Waals surface area contributed by atoms with Crippen molar-refractivity contribution in [2.45, 2.75) is 50.7 Å². The molecule has 164 valence electrons. The maximum absolute atomic E-state index is 12.2. The van der Waals surface area contributed by atoms with Crippen LogP contribution in [-0.2, 0) is 4.74 Å². The highest BCUT2D eigenvalue weighted by Gasteiger charge is 2.46. The second-order valence-electron chi connectivity index (χ2n) is 7.88. The zero-order valence-electron chi connectivity index (χ0n) is 16.7. The van der Waals surface area contributed by atoms with Crippen molar-refractivity contribution in [2.24, 2.45) is 11.0 Å². The average molecular weight is 511 g/mol. The van der Waals surface area contributed by atoms with E-state index in [1.807, 2.05) is 13.0 Å². The number of ether oxygens (including phenoxy) is 1. The number of hydrogen-bond acceptors (Lipinski definition) is 7. The van der Waals surface area contributed by atoms with Crippen LogP contribution in [0.2, 0.25) is 5.15 Å². The van der Waals surface area contributed by atoms with Crippen LogP contribution in [-0.4, -0.2) is 39.5 Å². The van der Waals surface area contributed by atoms with Gasteiger partial charge in [0.2, 0.25) is 5.76 Å². The summed E-state index contributed by atoms with van der Waals surface area (Å²) in [7, 11) is 0. The summed E-state index contributed by atoms with van der Waals surface area (Å²) in [5.41, 5.74) is 3.20. The number of carbonyl (C=O) groups excluding carboxylic acids is 2. The Morgan fingerprint density at radius 3 is 2.90 bits per heavy atom. The summed E-state index contributed by atoms with van der Waals surface area (Å²) in [6.07, 6.45) is 6.60. The highest BCUT2D eigenvalue weighted by molar-refractivity contribution is 9.10. The summed E-state index contributed by atoms with van der Waals surface area (Å²) in [5, 5.41) is 10.9. The van der Waals surface area contributed by atoms with Gasteiger partial charge in [0.1, 0.15) is 5.71 Å². The first-order chi connectivity index (χ1) is 14.9. The zero-order valence-corrected chi connectivity index (χ0v) is 19.1. The molecule has 0 aromatic carbocycles. The summed E-state index contributed by atoms with van der Waals surface area (Å²) in [6.45, 7) is 1.95. The smallest absolute Gasteiger partial charge is 0.428 e. The van der Waals surface area contributed by atoms with Crippen LogP contribution in [0.1, 0.15) is 55.1 Å². The number of rotatable bonds is 5. The first kappa shape index (κ1) is 21.8. The molecule has 1 aliphatic carbocycles. The van der Waals surface area contributed by atoms with Crippen molar-refractivity contribution in [3.8, 4) is 0 Å². The van der Waals surface area contributed by atoms with Crippen LogP contribution < -0.4 is 10.7 Å². The lowest BCUT2D eigenvalue weighted by Crippen LogP contribution is -2.52. The molecule has 1 saturated carbocycles. The summed E-state index contributed by atoms with van der Waals surface area (Å²) in [5.74, 6) is 0.114. The van der Waals surface area contributed by atoms with E-state index >= 15 is 0 Å². The molecule has 1 fully saturated rings. The van der Waals surface area contributed by atoms with E-state index in [9.17, 15) is 9.59 Å². The Bertz CT molecular complexity index is 1020. The molecule has 0 unspecified atom stereocenters. The third-order valence-electron chi connectivity index (χ3n) is 5.69. The molecule has 2 aromatic heterocycles. The highest BCUT2D eigenvalue weighted by Crippen LogP contribution is 2.41. The van der Waals surface area contributed by atoms with Crippen molar-refractivity contribution in [3.05, 3.63) is 45.5 Å². The van der Waals surface area contributed by atoms with Crippen molar-refractivity contribution in [3.63, 3.8) is 0 Å². The first-order valence-electron chi connectivity index (χ1n) is 9.96. The molecular formula is C20H21BrClN5O4. The summed E-state index contributed by atoms with van der Waals surface area (Å²) >= 11 is 9.22. The quantitative estimate of drug-likeness (QED) is 0.626. The predicted octanol–water partition coefficient (Wildman–Crippen LogP) is 4.07. The molecular weight excluding hydrogens is 490 g/mol. The number of carbonyl (C=O) groups is 2. The lowest BCUT2D eigenvalue weighted by molar-refractivity contribution is 0.0153. The van der Waals surface area contributed by atoms with Crippen LogP contribution in [0.4, 0.5) is 4.79 Å². The molecule has 0 saturated heterocycles. The second kappa shape index (κ2) is 8.96. The van der Waals surface area contributed by atoms with E-state index in [-0.39, 0.29) is 22.9 Å². The lowest BCUT2D eigenvalue weighted by Gasteiger charge is -2.42. The van der Waals surface area contributed by atoms with Gasteiger partial charge in [-0.25, -0.2) is 10.2 Å². The van der Waals surface area contributed by atoms with E-state index < -0.39 is 11.7 Å². The van der Waals surface area contributed by atoms with Gasteiger partial charge in [-0.2, -0.15) is 5.10 Å². The van der Waals surface area contributed by atoms with Gasteiger partial charge in [-0.05, 0) is 66.9 Å². The lowest BCUT2D eigenvalue weighted by atomic mass is 9.73. The molecule has 4 rings (SSSR count). The molecule has 11 heteroatoms. The van der Waals surface area contributed by atoms with Gasteiger partial charge in [-0.3, -0.25) is 9.78 Å². The van der Waals surface area contributed by atoms with Crippen molar-refractivity contribution in [2.75, 3.05) is 0 Å². The number of hydrazone groups is 1. The van der Waals surface area contributed by atoms with E-state index in [0.29, 0.717) is 24.5 Å². The van der Waals surface area contributed by atoms with Crippen molar-refractivity contribution in [1.82, 2.24) is 20.9 Å². The number of aromatic nitrogens is 2. The standard InChI is InChI=1S/C20H21BrClN5O4/c1-11(24-18(28)15-9-16(22)27-31-15)8-12-2-5-20(6-3-12)17(25-26-19(29)30-20)13-4-7-23-10-14(13)21/h4,7,9-12H,2-3,5-6,8H2,1H3,(H,24,28)(H,26,29)/t11-,12?,20?/m0/s1. The highest BCUT2D eigenvalue weighted by atomic mass is 79.9. The normalized spacial score (nSPS) is 24.2. The van der Waals surface area contributed by atoms with Gasteiger partial charge < -0.3 is 14.6 Å². The van der Waals surface area contributed by atoms with Crippen LogP contribution >= 0.6 is 27.5 Å². The van der Waals surface area contributed by atoms with Crippen LogP contribution in [0.15, 0.2) is 38.6 Å². The maximum Gasteiger partial charge on any atom is 0.428 e. The molecule has 2 amide bonds. The third-order valence-corrected chi connectivity index (χ3v) is 6.50. The van der Waals surface area contributed by atoms with Gasteiger partial charge >= 0.3 is 6.09 Å². The Labute approximate surface area is 192 Å². The van der Waals surface area contributed by atoms with Crippen molar-refractivity contribution < 1.29 is 18.8 Å². The van der Waals surface area contributed by atoms with Gasteiger partial charge in [0.15, 0.2) is 10.8 Å². The van der Waals surface area contributed by atoms with Crippen molar-refractivity contribution >= 4 is 45.2 Å². The fraction of sp³-hybridized carbons (Fsp3) is 0.450. The molecule has 2 N–H and O–H groups in total. The molecule has 31 heavy (non-hydrogen) atoms. The molecule has 9 nitrogen and oxygen atoms in total. The Morgan fingerprint density at radius 2 is 2.23 bits per heavy atom. The summed E-state index contributed by atoms with van der Waals surface area (Å²) in [6, 6.07) is 3.18. The van der Waals surface area contributed by atoms with Crippen LogP contribution in [0.5, 0.6) is 0 Å². The molecule has 1 aliphatic heterocycles. The molecule has 1 spiro atoms. The van der Waals surface area contributed by atoms with E-state index in [4.69, 9.17) is 20.9 Å². The number of amides is 2. The Morgan fingerprint density at radius 1 is 1.45 bits per heavy atom. The SMILES string of the molecule is C[C@@H](CC1CCC2(CC1)OC(=O)NN=C2c1ccncc1Br)NC(=O)c1cc(Cl)no1. The molecule has 3 heterocycles. The molecule has 2 aliphatic rings. The first-order valence-corrected chi connectivity index (χ1v) is 11.1. The van der Waals surface area contributed by atoms with Gasteiger partial charge in [0.25, 0.3) is 5.91 Å². The van der Waals surface area contributed by atoms with Gasteiger partial charge in [0, 0.05) is 34.5 Å². The fourth-order valence-corrected chi connectivity index (χ4v) is 4.83. The minimum Gasteiger partial charge on any atom is -0.435 e. The average Bonchev–Trinajstić information content (AvgIpc) is 3.17. The summed E-state index contributed by atoms with van der Waals surface area (Å²) < 4.78 is 11.5. The number of pyridine rings is 1. The van der Waals surface area contributed by atoms with Gasteiger partial charge in [0.05, 0.1) is 0 Å². The molecule has 2 aromatic rings. The van der Waals surface area contributed by atoms with Crippen LogP contribution in [0, 0.1) is 5.92 Å². The predicted molar refractivity (Wildman–Crippen MR) is 116 cm³/mol. The molecule has 0 bridgehead atoms. The minimum atomic E-state index is -0.772. The molecule has 1 atom stereocenters. The third kappa shape index (κ3) is 4.74. The topological polar surface area (TPSA) is 119 Å². The second-order valence-corrected chi connectivity index (χ2v) is 9.12. The van der Waals surface area contributed by atoms with E-state index in [1.165, 1.54) is 6.07 Å². The largest absolute Gasteiger partial charge is 0.435 e. The van der Waals surface area contributed by atoms with E-state index in [1.54, 1.807) is 12.4 Å². The van der Waals surface area contributed by atoms with Crippen LogP contribution in [0.25, 0.3) is 0 Å². The van der Waals surface area contributed by atoms with Crippen LogP contribution in [0.3, 0.4) is 0 Å². The number of halogens is 2. The number of hydrogen-bond donors (Lipinski definition) is 2. The van der Waals surface area contributed by atoms with E-state index in [2.05, 4.69) is 41.9 Å². The Kier molecular flexibility index (Phi) is 6.29. The van der Waals surface area contributed by atoms with Gasteiger partial charge in [-0.15, -0.1) is 0 Å². The fourth-order valence-electron chi connectivity index (χ4n) is 4.26. The monoisotopic (exact) mass is 509 g/mol. The Balaban J connectivity index is 1.40. The summed E-state index contributed by atoms with van der Waals surface area (Å²) in [4.78, 5) is 28.3. The molecule has 0 radical (unpaired) electrons. The van der Waals surface area contributed by atoms with Gasteiger partial charge in [-0.1, -0.05) is 16.8 Å².